The number of phenolic OH excluding ortho intramolecular Hbond substituents is 1. The molecule has 2 unspecified atom stereocenters. The lowest BCUT2D eigenvalue weighted by atomic mass is 10.1. The number of aliphatic hydroxyl groups excluding tert-OH is 2. The summed E-state index contributed by atoms with van der Waals surface area (Å²) in [5.41, 5.74) is 3.83. The van der Waals surface area contributed by atoms with Crippen LogP contribution in [-0.4, -0.2) is 30.7 Å². The molecule has 0 saturated carbocycles. The van der Waals surface area contributed by atoms with Gasteiger partial charge in [0, 0.05) is 1.37 Å². The summed E-state index contributed by atoms with van der Waals surface area (Å²) in [6.07, 6.45) is 11.9. The molecule has 0 heterocycles. The first-order valence-corrected chi connectivity index (χ1v) is 17.4. The first kappa shape index (κ1) is 44.1. The number of aryl methyl sites for hydroxylation is 3. The summed E-state index contributed by atoms with van der Waals surface area (Å²) >= 11 is 9.31. The van der Waals surface area contributed by atoms with Gasteiger partial charge in [0.15, 0.2) is 0 Å². The number of benzene rings is 2. The first-order chi connectivity index (χ1) is 19.3. The lowest BCUT2D eigenvalue weighted by molar-refractivity contribution is 0.180. The molecule has 2 aromatic carbocycles. The molecule has 0 amide bonds. The van der Waals surface area contributed by atoms with Crippen LogP contribution >= 0.6 is 47.3 Å². The Kier molecular flexibility index (Phi) is 40.5. The Bertz CT molecular complexity index is 627. The van der Waals surface area contributed by atoms with Crippen LogP contribution in [0.5, 0.6) is 5.75 Å². The monoisotopic (exact) mass is 753 g/mol. The van der Waals surface area contributed by atoms with Crippen molar-refractivity contribution in [3.63, 3.8) is 0 Å². The summed E-state index contributed by atoms with van der Waals surface area (Å²) in [5.74, 6) is 0.329. The highest BCUT2D eigenvalue weighted by molar-refractivity contribution is 9.69. The normalized spacial score (nSPS) is 11.0. The largest absolute Gasteiger partial charge is 0.508 e. The average molecular weight is 756 g/mol. The van der Waals surface area contributed by atoms with Gasteiger partial charge in [0.05, 0.1) is 12.2 Å². The number of halogens is 3. The van der Waals surface area contributed by atoms with Gasteiger partial charge in [-0.2, -0.15) is 0 Å². The van der Waals surface area contributed by atoms with Crippen molar-refractivity contribution in [2.45, 2.75) is 139 Å². The zero-order valence-electron chi connectivity index (χ0n) is 27.6. The minimum atomic E-state index is -0.0955. The molecule has 40 heavy (non-hydrogen) atoms. The first-order valence-electron chi connectivity index (χ1n) is 15.3. The fourth-order valence-electron chi connectivity index (χ4n) is 2.91. The van der Waals surface area contributed by atoms with Crippen LogP contribution in [-0.2, 0) is 0 Å². The van der Waals surface area contributed by atoms with Crippen molar-refractivity contribution in [1.29, 1.82) is 0 Å². The molecule has 0 aromatic heterocycles. The molecule has 3 nitrogen and oxygen atoms in total. The van der Waals surface area contributed by atoms with Gasteiger partial charge in [0.2, 0.25) is 0 Å². The van der Waals surface area contributed by atoms with E-state index in [4.69, 9.17) is 16.7 Å². The van der Waals surface area contributed by atoms with E-state index in [0.717, 1.165) is 12.8 Å². The molecule has 0 spiro atoms. The topological polar surface area (TPSA) is 60.7 Å². The molecule has 3 N–H and O–H groups in total. The molecule has 0 radical (unpaired) electrons. The summed E-state index contributed by atoms with van der Waals surface area (Å²) in [5, 5.41) is 26.5. The lowest BCUT2D eigenvalue weighted by Gasteiger charge is -2.01. The van der Waals surface area contributed by atoms with Gasteiger partial charge in [-0.1, -0.05) is 132 Å². The molecule has 2 rings (SSSR count). The van der Waals surface area contributed by atoms with E-state index in [1.165, 1.54) is 68.1 Å². The van der Waals surface area contributed by atoms with Crippen LogP contribution in [0.1, 0.15) is 124 Å². The third kappa shape index (κ3) is 50.5. The summed E-state index contributed by atoms with van der Waals surface area (Å²) in [6.45, 7) is 16.6. The Hall–Kier alpha value is -0.335. The molecule has 7 heteroatoms. The minimum Gasteiger partial charge on any atom is -0.508 e. The minimum absolute atomic E-state index is 0.0955. The fraction of sp³-hybridized carbons (Fsp3) is 0.636. The number of unbranched alkanes of at least 4 members (excludes halogenated alkanes) is 6. The maximum absolute atomic E-state index is 8.85. The number of aliphatic hydroxyl groups is 2. The van der Waals surface area contributed by atoms with Gasteiger partial charge in [-0.05, 0) is 59.6 Å². The second-order valence-corrected chi connectivity index (χ2v) is 16.1. The SMILES string of the molecule is BrB(Br)Br.CCCCCCC(C)O.CCCCCCC(C)O.Cc1ccc(C)cc1.Cc1ccc(O)cc1.[2H]CC. The van der Waals surface area contributed by atoms with Gasteiger partial charge in [-0.25, -0.2) is 0 Å². The Morgan fingerprint density at radius 1 is 0.650 bits per heavy atom. The predicted molar refractivity (Wildman–Crippen MR) is 194 cm³/mol. The van der Waals surface area contributed by atoms with Gasteiger partial charge >= 0.3 is 3.18 Å². The lowest BCUT2D eigenvalue weighted by Crippen LogP contribution is -1.97. The molecule has 2 aromatic rings. The maximum atomic E-state index is 8.85. The molecular formula is C33H60BBr3O3. The zero-order chi connectivity index (χ0) is 32.5. The Balaban J connectivity index is -0.000000207. The molecule has 0 aliphatic carbocycles. The molecular weight excluding hydrogens is 695 g/mol. The Labute approximate surface area is 275 Å². The molecule has 0 fully saturated rings. The number of rotatable bonds is 10. The van der Waals surface area contributed by atoms with Crippen LogP contribution in [0, 0.1) is 20.8 Å². The van der Waals surface area contributed by atoms with E-state index >= 15 is 0 Å². The van der Waals surface area contributed by atoms with Gasteiger partial charge < -0.3 is 15.3 Å². The van der Waals surface area contributed by atoms with E-state index in [1.54, 1.807) is 19.1 Å². The van der Waals surface area contributed by atoms with Crippen molar-refractivity contribution in [2.24, 2.45) is 0 Å². The summed E-state index contributed by atoms with van der Waals surface area (Å²) in [4.78, 5) is 0. The number of hydrogen-bond acceptors (Lipinski definition) is 3. The summed E-state index contributed by atoms with van der Waals surface area (Å²) in [7, 11) is 0. The second-order valence-electron chi connectivity index (χ2n) is 9.63. The van der Waals surface area contributed by atoms with E-state index < -0.39 is 0 Å². The van der Waals surface area contributed by atoms with Crippen molar-refractivity contribution in [2.75, 3.05) is 0 Å². The smallest absolute Gasteiger partial charge is 0.369 e. The molecule has 0 aliphatic rings. The van der Waals surface area contributed by atoms with E-state index in [0.29, 0.717) is 12.6 Å². The van der Waals surface area contributed by atoms with Crippen molar-refractivity contribution in [3.8, 4) is 5.75 Å². The third-order valence-electron chi connectivity index (χ3n) is 5.20. The molecule has 0 aliphatic heterocycles. The van der Waals surface area contributed by atoms with Gasteiger partial charge in [-0.15, -0.1) is 47.3 Å². The highest BCUT2D eigenvalue weighted by Gasteiger charge is 1.94. The predicted octanol–water partition coefficient (Wildman–Crippen LogP) is 11.9. The van der Waals surface area contributed by atoms with Crippen molar-refractivity contribution >= 4 is 50.5 Å². The zero-order valence-corrected chi connectivity index (χ0v) is 31.4. The highest BCUT2D eigenvalue weighted by Crippen LogP contribution is 2.08. The quantitative estimate of drug-likeness (QED) is 0.167. The number of phenols is 1. The molecule has 2 atom stereocenters. The second kappa shape index (κ2) is 36.7. The van der Waals surface area contributed by atoms with Crippen LogP contribution in [0.25, 0.3) is 0 Å². The van der Waals surface area contributed by atoms with Crippen LogP contribution in [0.2, 0.25) is 0 Å². The molecule has 0 saturated heterocycles. The van der Waals surface area contributed by atoms with Crippen LogP contribution < -0.4 is 0 Å². The van der Waals surface area contributed by atoms with Gasteiger partial charge in [0.1, 0.15) is 5.75 Å². The van der Waals surface area contributed by atoms with Crippen LogP contribution in [0.3, 0.4) is 0 Å². The molecule has 0 bridgehead atoms. The van der Waals surface area contributed by atoms with Gasteiger partial charge in [0.25, 0.3) is 0 Å². The van der Waals surface area contributed by atoms with E-state index in [-0.39, 0.29) is 15.4 Å². The van der Waals surface area contributed by atoms with Crippen molar-refractivity contribution < 1.29 is 16.7 Å². The standard InChI is InChI=1S/2C8H18O.C8H10.C7H8O.C2H6.BBr3/c2*1-3-4-5-6-7-8(2)9;1-7-3-5-8(2)6-4-7;1-6-2-4-7(8)5-3-6;1-2;2-1(3)4/h2*8-9H,3-7H2,1-2H3;3-6H,1-2H3;2-5,8H,1H3;1-2H3;/i;;;;1D;. The van der Waals surface area contributed by atoms with E-state index in [1.807, 2.05) is 32.9 Å². The Morgan fingerprint density at radius 3 is 1.10 bits per heavy atom. The van der Waals surface area contributed by atoms with Crippen molar-refractivity contribution in [3.05, 3.63) is 65.2 Å². The number of hydrogen-bond donors (Lipinski definition) is 3. The third-order valence-corrected chi connectivity index (χ3v) is 5.20. The average Bonchev–Trinajstić information content (AvgIpc) is 2.89. The van der Waals surface area contributed by atoms with Crippen LogP contribution in [0.4, 0.5) is 0 Å². The number of aromatic hydroxyl groups is 1. The van der Waals surface area contributed by atoms with E-state index in [9.17, 15) is 0 Å². The van der Waals surface area contributed by atoms with Crippen molar-refractivity contribution in [1.82, 2.24) is 0 Å². The summed E-state index contributed by atoms with van der Waals surface area (Å²) in [6, 6.07) is 15.6. The fourth-order valence-corrected chi connectivity index (χ4v) is 2.91. The van der Waals surface area contributed by atoms with Gasteiger partial charge in [-0.3, -0.25) is 0 Å². The van der Waals surface area contributed by atoms with Crippen LogP contribution in [0.15, 0.2) is 48.5 Å². The molecule has 234 valence electrons. The maximum Gasteiger partial charge on any atom is 0.369 e. The highest BCUT2D eigenvalue weighted by atomic mass is 79.9. The summed E-state index contributed by atoms with van der Waals surface area (Å²) < 4.78 is 6.48. The van der Waals surface area contributed by atoms with E-state index in [2.05, 4.69) is 99.2 Å². The Morgan fingerprint density at radius 2 is 0.900 bits per heavy atom.